The van der Waals surface area contributed by atoms with Crippen LogP contribution in [-0.4, -0.2) is 10.9 Å². The van der Waals surface area contributed by atoms with Crippen LogP contribution < -0.4 is 15.9 Å². The molecule has 0 aliphatic heterocycles. The number of hydrogen-bond donors (Lipinski definition) is 2. The SMILES string of the molecule is C=CC(=O)NC1=C(C)CCC(C2=CC(C)CC=c3[nH]ccc3=C2)=CC=C1. The first-order chi connectivity index (χ1) is 12.6. The fourth-order valence-electron chi connectivity index (χ4n) is 3.31. The van der Waals surface area contributed by atoms with E-state index in [-0.39, 0.29) is 5.91 Å². The van der Waals surface area contributed by atoms with Crippen molar-refractivity contribution in [1.82, 2.24) is 10.3 Å². The summed E-state index contributed by atoms with van der Waals surface area (Å²) < 4.78 is 0. The van der Waals surface area contributed by atoms with E-state index in [1.54, 1.807) is 0 Å². The number of fused-ring (bicyclic) bond motifs is 1. The molecule has 0 saturated heterocycles. The zero-order valence-corrected chi connectivity index (χ0v) is 15.5. The van der Waals surface area contributed by atoms with E-state index in [2.05, 4.69) is 61.1 Å². The quantitative estimate of drug-likeness (QED) is 0.810. The second-order valence-corrected chi connectivity index (χ2v) is 6.97. The summed E-state index contributed by atoms with van der Waals surface area (Å²) in [6.07, 6.45) is 19.3. The van der Waals surface area contributed by atoms with Crippen LogP contribution >= 0.6 is 0 Å². The number of aromatic nitrogens is 1. The molecule has 1 amide bonds. The van der Waals surface area contributed by atoms with Crippen LogP contribution in [0, 0.1) is 5.92 Å². The van der Waals surface area contributed by atoms with Crippen molar-refractivity contribution >= 4 is 18.1 Å². The molecular formula is C23H26N2O. The van der Waals surface area contributed by atoms with Crippen molar-refractivity contribution in [3.05, 3.63) is 82.2 Å². The molecule has 0 bridgehead atoms. The molecule has 3 heteroatoms. The Kier molecular flexibility index (Phi) is 5.57. The van der Waals surface area contributed by atoms with Crippen LogP contribution in [-0.2, 0) is 4.79 Å². The van der Waals surface area contributed by atoms with E-state index in [9.17, 15) is 4.79 Å². The van der Waals surface area contributed by atoms with E-state index in [1.807, 2.05) is 18.3 Å². The Morgan fingerprint density at radius 1 is 1.38 bits per heavy atom. The van der Waals surface area contributed by atoms with Crippen LogP contribution in [0.4, 0.5) is 0 Å². The first kappa shape index (κ1) is 18.0. The van der Waals surface area contributed by atoms with E-state index < -0.39 is 0 Å². The molecule has 0 saturated carbocycles. The molecule has 0 aromatic carbocycles. The number of aromatic amines is 1. The molecule has 3 rings (SSSR count). The molecule has 1 unspecified atom stereocenters. The Hall–Kier alpha value is -2.81. The number of amides is 1. The van der Waals surface area contributed by atoms with E-state index >= 15 is 0 Å². The van der Waals surface area contributed by atoms with Crippen molar-refractivity contribution in [1.29, 1.82) is 0 Å². The topological polar surface area (TPSA) is 44.9 Å². The monoisotopic (exact) mass is 346 g/mol. The summed E-state index contributed by atoms with van der Waals surface area (Å²) in [4.78, 5) is 14.9. The highest BCUT2D eigenvalue weighted by Gasteiger charge is 2.11. The maximum atomic E-state index is 11.6. The molecule has 1 aromatic rings. The first-order valence-electron chi connectivity index (χ1n) is 9.14. The first-order valence-corrected chi connectivity index (χ1v) is 9.14. The summed E-state index contributed by atoms with van der Waals surface area (Å²) in [6, 6.07) is 2.13. The third-order valence-corrected chi connectivity index (χ3v) is 4.89. The van der Waals surface area contributed by atoms with Gasteiger partial charge >= 0.3 is 0 Å². The highest BCUT2D eigenvalue weighted by atomic mass is 16.1. The molecule has 2 N–H and O–H groups in total. The standard InChI is InChI=1S/C23H26N2O/c1-4-23(26)25-21-7-5-6-18(10-9-17(21)3)20-14-16(2)8-11-22-19(15-20)12-13-24-22/h4-7,11-16,24H,1,8-10H2,2-3H3,(H,25,26). The van der Waals surface area contributed by atoms with Gasteiger partial charge in [0.25, 0.3) is 0 Å². The maximum absolute atomic E-state index is 11.6. The van der Waals surface area contributed by atoms with Crippen molar-refractivity contribution in [2.45, 2.75) is 33.1 Å². The molecule has 2 aliphatic carbocycles. The summed E-state index contributed by atoms with van der Waals surface area (Å²) >= 11 is 0. The predicted molar refractivity (Wildman–Crippen MR) is 108 cm³/mol. The second-order valence-electron chi connectivity index (χ2n) is 6.97. The Morgan fingerprint density at radius 2 is 2.23 bits per heavy atom. The Bertz CT molecular complexity index is 951. The van der Waals surface area contributed by atoms with Gasteiger partial charge in [-0.1, -0.05) is 37.8 Å². The number of rotatable bonds is 3. The van der Waals surface area contributed by atoms with Crippen molar-refractivity contribution in [3.63, 3.8) is 0 Å². The number of allylic oxidation sites excluding steroid dienone is 7. The van der Waals surface area contributed by atoms with Crippen molar-refractivity contribution < 1.29 is 4.79 Å². The van der Waals surface area contributed by atoms with Crippen molar-refractivity contribution in [2.75, 3.05) is 0 Å². The largest absolute Gasteiger partial charge is 0.361 e. The van der Waals surface area contributed by atoms with Gasteiger partial charge in [0.2, 0.25) is 5.91 Å². The molecule has 134 valence electrons. The molecule has 0 fully saturated rings. The minimum atomic E-state index is -0.171. The van der Waals surface area contributed by atoms with Gasteiger partial charge in [-0.15, -0.1) is 0 Å². The fraction of sp³-hybridized carbons (Fsp3) is 0.261. The average molecular weight is 346 g/mol. The normalized spacial score (nSPS) is 20.2. The van der Waals surface area contributed by atoms with Gasteiger partial charge in [-0.3, -0.25) is 4.79 Å². The fourth-order valence-corrected chi connectivity index (χ4v) is 3.31. The molecule has 3 nitrogen and oxygen atoms in total. The summed E-state index contributed by atoms with van der Waals surface area (Å²) in [5, 5.41) is 5.33. The number of H-pyrrole nitrogens is 1. The molecule has 26 heavy (non-hydrogen) atoms. The smallest absolute Gasteiger partial charge is 0.247 e. The second kappa shape index (κ2) is 8.05. The Morgan fingerprint density at radius 3 is 3.04 bits per heavy atom. The molecule has 1 aromatic heterocycles. The van der Waals surface area contributed by atoms with Gasteiger partial charge in [-0.25, -0.2) is 0 Å². The minimum absolute atomic E-state index is 0.171. The zero-order valence-electron chi connectivity index (χ0n) is 15.5. The van der Waals surface area contributed by atoms with E-state index in [4.69, 9.17) is 0 Å². The predicted octanol–water partition coefficient (Wildman–Crippen LogP) is 3.39. The van der Waals surface area contributed by atoms with Crippen LogP contribution in [0.3, 0.4) is 0 Å². The molecular weight excluding hydrogens is 320 g/mol. The number of nitrogens with one attached hydrogen (secondary N) is 2. The van der Waals surface area contributed by atoms with Gasteiger partial charge < -0.3 is 10.3 Å². The van der Waals surface area contributed by atoms with Gasteiger partial charge in [0, 0.05) is 17.2 Å². The van der Waals surface area contributed by atoms with E-state index in [0.29, 0.717) is 5.92 Å². The number of hydrogen-bond acceptors (Lipinski definition) is 1. The van der Waals surface area contributed by atoms with Gasteiger partial charge in [0.05, 0.1) is 0 Å². The molecule has 1 atom stereocenters. The van der Waals surface area contributed by atoms with Crippen LogP contribution in [0.25, 0.3) is 12.2 Å². The van der Waals surface area contributed by atoms with Gasteiger partial charge in [-0.05, 0) is 78.3 Å². The highest BCUT2D eigenvalue weighted by Crippen LogP contribution is 2.26. The number of carbonyl (C=O) groups is 1. The van der Waals surface area contributed by atoms with Gasteiger partial charge in [0.1, 0.15) is 0 Å². The van der Waals surface area contributed by atoms with Crippen molar-refractivity contribution in [2.24, 2.45) is 5.92 Å². The Labute approximate surface area is 154 Å². The maximum Gasteiger partial charge on any atom is 0.247 e. The molecule has 1 heterocycles. The lowest BCUT2D eigenvalue weighted by Gasteiger charge is -2.16. The zero-order chi connectivity index (χ0) is 18.5. The van der Waals surface area contributed by atoms with Gasteiger partial charge in [0.15, 0.2) is 0 Å². The molecule has 0 spiro atoms. The van der Waals surface area contributed by atoms with Crippen LogP contribution in [0.15, 0.2) is 71.6 Å². The summed E-state index contributed by atoms with van der Waals surface area (Å²) in [6.45, 7) is 7.85. The third-order valence-electron chi connectivity index (χ3n) is 4.89. The lowest BCUT2D eigenvalue weighted by atomic mass is 9.91. The van der Waals surface area contributed by atoms with Crippen LogP contribution in [0.5, 0.6) is 0 Å². The molecule has 0 radical (unpaired) electrons. The minimum Gasteiger partial charge on any atom is -0.361 e. The van der Waals surface area contributed by atoms with Crippen LogP contribution in [0.2, 0.25) is 0 Å². The average Bonchev–Trinajstić information content (AvgIpc) is 3.04. The third kappa shape index (κ3) is 4.23. The lowest BCUT2D eigenvalue weighted by molar-refractivity contribution is -0.115. The van der Waals surface area contributed by atoms with E-state index in [1.165, 1.54) is 33.4 Å². The summed E-state index contributed by atoms with van der Waals surface area (Å²) in [5.74, 6) is 0.321. The van der Waals surface area contributed by atoms with Crippen LogP contribution in [0.1, 0.15) is 33.1 Å². The summed E-state index contributed by atoms with van der Waals surface area (Å²) in [7, 11) is 0. The highest BCUT2D eigenvalue weighted by molar-refractivity contribution is 5.88. The van der Waals surface area contributed by atoms with E-state index in [0.717, 1.165) is 25.0 Å². The molecule has 2 aliphatic rings. The summed E-state index contributed by atoms with van der Waals surface area (Å²) in [5.41, 5.74) is 4.67. The lowest BCUT2D eigenvalue weighted by Crippen LogP contribution is -2.24. The van der Waals surface area contributed by atoms with Crippen molar-refractivity contribution in [3.8, 4) is 0 Å². The Balaban J connectivity index is 1.93. The number of carbonyl (C=O) groups excluding carboxylic acids is 1. The van der Waals surface area contributed by atoms with Gasteiger partial charge in [-0.2, -0.15) is 0 Å².